The first-order valence-electron chi connectivity index (χ1n) is 11.7. The molecule has 0 bridgehead atoms. The fourth-order valence-electron chi connectivity index (χ4n) is 5.20. The Labute approximate surface area is 175 Å². The van der Waals surface area contributed by atoms with E-state index in [2.05, 4.69) is 43.1 Å². The van der Waals surface area contributed by atoms with Crippen molar-refractivity contribution in [2.24, 2.45) is 0 Å². The Balaban J connectivity index is 1.89. The van der Waals surface area contributed by atoms with Crippen LogP contribution in [-0.2, 0) is 6.42 Å². The number of fused-ring (bicyclic) bond motifs is 1. The summed E-state index contributed by atoms with van der Waals surface area (Å²) in [5, 5.41) is 9.79. The summed E-state index contributed by atoms with van der Waals surface area (Å²) in [6.45, 7) is 8.92. The molecule has 1 aromatic heterocycles. The van der Waals surface area contributed by atoms with E-state index in [1.54, 1.807) is 23.8 Å². The molecule has 0 aromatic carbocycles. The Hall–Kier alpha value is 0.419. The van der Waals surface area contributed by atoms with Crippen molar-refractivity contribution in [1.82, 2.24) is 4.90 Å². The molecular weight excluding hydrogens is 457 g/mol. The number of aryl methyl sites for hydroxylation is 1. The van der Waals surface area contributed by atoms with Crippen LogP contribution in [0.25, 0.3) is 0 Å². The maximum absolute atomic E-state index is 9.79. The van der Waals surface area contributed by atoms with E-state index in [0.717, 1.165) is 13.1 Å². The van der Waals surface area contributed by atoms with E-state index in [9.17, 15) is 5.11 Å². The van der Waals surface area contributed by atoms with Crippen LogP contribution in [0.1, 0.15) is 88.6 Å². The molecule has 0 spiro atoms. The molecule has 27 heavy (non-hydrogen) atoms. The molecule has 1 aliphatic carbocycles. The van der Waals surface area contributed by atoms with E-state index in [1.165, 1.54) is 57.8 Å². The van der Waals surface area contributed by atoms with Gasteiger partial charge in [0.1, 0.15) is 0 Å². The summed E-state index contributed by atoms with van der Waals surface area (Å²) >= 11 is -0.0310. The van der Waals surface area contributed by atoms with Crippen molar-refractivity contribution in [3.63, 3.8) is 0 Å². The van der Waals surface area contributed by atoms with Crippen molar-refractivity contribution in [3.8, 4) is 0 Å². The summed E-state index contributed by atoms with van der Waals surface area (Å²) in [6, 6.07) is 3.33. The number of unbranched alkanes of at least 4 members (excludes halogenated alkanes) is 3. The Kier molecular flexibility index (Phi) is 8.56. The van der Waals surface area contributed by atoms with Crippen molar-refractivity contribution in [2.45, 2.75) is 104 Å². The van der Waals surface area contributed by atoms with Gasteiger partial charge in [0.05, 0.1) is 0 Å². The van der Waals surface area contributed by atoms with Gasteiger partial charge in [-0.15, -0.1) is 0 Å². The van der Waals surface area contributed by atoms with Crippen LogP contribution >= 0.6 is 11.3 Å². The Bertz CT molecular complexity index is 559. The quantitative estimate of drug-likeness (QED) is 0.387. The zero-order valence-corrected chi connectivity index (χ0v) is 21.6. The summed E-state index contributed by atoms with van der Waals surface area (Å²) in [5.74, 6) is 0. The average Bonchev–Trinajstić information content (AvgIpc) is 3.10. The van der Waals surface area contributed by atoms with Crippen LogP contribution in [0, 0.1) is 0 Å². The number of hydrogen-bond acceptors (Lipinski definition) is 3. The van der Waals surface area contributed by atoms with E-state index in [0.29, 0.717) is 6.04 Å². The van der Waals surface area contributed by atoms with Gasteiger partial charge in [0.25, 0.3) is 0 Å². The molecule has 0 amide bonds. The molecule has 1 aliphatic heterocycles. The number of aliphatic hydroxyl groups excluding tert-OH is 1. The molecule has 1 N–H and O–H groups in total. The zero-order valence-electron chi connectivity index (χ0n) is 17.9. The molecule has 2 nitrogen and oxygen atoms in total. The molecule has 3 rings (SSSR count). The Morgan fingerprint density at radius 2 is 1.63 bits per heavy atom. The number of hydrogen-bond donors (Lipinski definition) is 1. The molecule has 1 aromatic rings. The predicted molar refractivity (Wildman–Crippen MR) is 122 cm³/mol. The van der Waals surface area contributed by atoms with Crippen molar-refractivity contribution >= 4 is 32.6 Å². The SMILES string of the molecule is CCC[CH2][Sn]([CH2]CCC)([CH2]CCC)[c]1cc2c(s1)CCCC2N1CC(O)C1. The number of rotatable bonds is 11. The second-order valence-corrected chi connectivity index (χ2v) is 24.4. The van der Waals surface area contributed by atoms with Gasteiger partial charge in [-0.3, -0.25) is 0 Å². The van der Waals surface area contributed by atoms with Crippen molar-refractivity contribution < 1.29 is 5.11 Å². The van der Waals surface area contributed by atoms with Crippen LogP contribution in [0.4, 0.5) is 0 Å². The third-order valence-corrected chi connectivity index (χ3v) is 26.4. The van der Waals surface area contributed by atoms with Gasteiger partial charge in [0.2, 0.25) is 0 Å². The fourth-order valence-corrected chi connectivity index (χ4v) is 25.8. The molecule has 0 radical (unpaired) electrons. The summed E-state index contributed by atoms with van der Waals surface area (Å²) in [6.07, 6.45) is 12.3. The van der Waals surface area contributed by atoms with Gasteiger partial charge in [0, 0.05) is 0 Å². The van der Waals surface area contributed by atoms with E-state index >= 15 is 0 Å². The molecule has 1 atom stereocenters. The average molecular weight is 498 g/mol. The van der Waals surface area contributed by atoms with Crippen LogP contribution in [0.3, 0.4) is 0 Å². The summed E-state index contributed by atoms with van der Waals surface area (Å²) in [4.78, 5) is 4.26. The molecule has 0 saturated carbocycles. The topological polar surface area (TPSA) is 23.5 Å². The monoisotopic (exact) mass is 499 g/mol. The first-order valence-corrected chi connectivity index (χ1v) is 20.0. The van der Waals surface area contributed by atoms with Crippen molar-refractivity contribution in [1.29, 1.82) is 0 Å². The molecule has 1 saturated heterocycles. The van der Waals surface area contributed by atoms with Crippen molar-refractivity contribution in [2.75, 3.05) is 13.1 Å². The third-order valence-electron chi connectivity index (χ3n) is 6.96. The Morgan fingerprint density at radius 1 is 1.04 bits per heavy atom. The number of likely N-dealkylation sites (tertiary alicyclic amines) is 1. The number of aliphatic hydroxyl groups is 1. The third kappa shape index (κ3) is 5.13. The number of β-amino-alcohol motifs (C(OH)–C–C–N with tert-alkyl or cyclic N) is 1. The van der Waals surface area contributed by atoms with Crippen LogP contribution in [-0.4, -0.2) is 47.6 Å². The van der Waals surface area contributed by atoms with Crippen LogP contribution in [0.15, 0.2) is 6.07 Å². The number of thiophene rings is 1. The van der Waals surface area contributed by atoms with Gasteiger partial charge >= 0.3 is 176 Å². The van der Waals surface area contributed by atoms with Gasteiger partial charge < -0.3 is 0 Å². The molecule has 4 heteroatoms. The molecule has 2 heterocycles. The van der Waals surface area contributed by atoms with Crippen LogP contribution < -0.4 is 2.89 Å². The second kappa shape index (κ2) is 10.4. The second-order valence-electron chi connectivity index (χ2n) is 9.10. The molecule has 154 valence electrons. The van der Waals surface area contributed by atoms with Crippen molar-refractivity contribution in [3.05, 3.63) is 16.5 Å². The Morgan fingerprint density at radius 3 is 2.15 bits per heavy atom. The van der Waals surface area contributed by atoms with Gasteiger partial charge in [-0.25, -0.2) is 0 Å². The van der Waals surface area contributed by atoms with E-state index < -0.39 is 18.4 Å². The van der Waals surface area contributed by atoms with E-state index in [1.807, 2.05) is 2.89 Å². The first kappa shape index (κ1) is 22.1. The summed E-state index contributed by atoms with van der Waals surface area (Å²) in [5.41, 5.74) is 1.68. The maximum atomic E-state index is 9.79. The molecular formula is C23H41NOSSn. The van der Waals surface area contributed by atoms with Gasteiger partial charge in [0.15, 0.2) is 0 Å². The molecule has 2 aliphatic rings. The summed E-state index contributed by atoms with van der Waals surface area (Å²) in [7, 11) is 0. The first-order chi connectivity index (χ1) is 13.1. The van der Waals surface area contributed by atoms with Crippen LogP contribution in [0.5, 0.6) is 0 Å². The normalized spacial score (nSPS) is 21.3. The standard InChI is InChI=1S/C11H14NOS.3C4H9.Sn/c13-8-6-12(7-8)10-2-1-3-11-9(10)4-5-14-11;3*1-3-4-2;/h4,8,10,13H,1-3,6-7H2;3*1,3-4H2,2H3;. The molecule has 1 unspecified atom stereocenters. The van der Waals surface area contributed by atoms with E-state index in [-0.39, 0.29) is 6.10 Å². The minimum absolute atomic E-state index is 0.0783. The zero-order chi connectivity index (χ0) is 19.3. The van der Waals surface area contributed by atoms with Gasteiger partial charge in [-0.1, -0.05) is 0 Å². The summed E-state index contributed by atoms with van der Waals surface area (Å²) < 4.78 is 6.66. The van der Waals surface area contributed by atoms with E-state index in [4.69, 9.17) is 0 Å². The number of nitrogens with zero attached hydrogens (tertiary/aromatic N) is 1. The minimum atomic E-state index is -2.29. The van der Waals surface area contributed by atoms with Gasteiger partial charge in [-0.05, 0) is 0 Å². The van der Waals surface area contributed by atoms with Gasteiger partial charge in [-0.2, -0.15) is 0 Å². The fraction of sp³-hybridized carbons (Fsp3) is 0.826. The molecule has 1 fully saturated rings. The predicted octanol–water partition coefficient (Wildman–Crippen LogP) is 5.86. The van der Waals surface area contributed by atoms with Crippen LogP contribution in [0.2, 0.25) is 13.3 Å².